The molecule has 19 heavy (non-hydrogen) atoms. The van der Waals surface area contributed by atoms with E-state index in [1.165, 1.54) is 6.07 Å². The number of hydrogen-bond donors (Lipinski definition) is 2. The Morgan fingerprint density at radius 2 is 1.89 bits per heavy atom. The fraction of sp³-hybridized carbons (Fsp3) is 0.538. The molecule has 6 heteroatoms. The van der Waals surface area contributed by atoms with Crippen molar-refractivity contribution < 1.29 is 13.2 Å². The number of rotatable bonds is 4. The van der Waals surface area contributed by atoms with Gasteiger partial charge in [-0.15, -0.1) is 0 Å². The molecule has 0 aliphatic carbocycles. The molecule has 0 saturated heterocycles. The van der Waals surface area contributed by atoms with Gasteiger partial charge in [-0.1, -0.05) is 32.9 Å². The minimum Gasteiger partial charge on any atom is -0.271 e. The Morgan fingerprint density at radius 3 is 2.37 bits per heavy atom. The van der Waals surface area contributed by atoms with Crippen LogP contribution >= 0.6 is 11.8 Å². The highest BCUT2D eigenvalue weighted by atomic mass is 32.2. The number of nitrogens with two attached hydrogens (primary N) is 1. The van der Waals surface area contributed by atoms with Gasteiger partial charge in [0.15, 0.2) is 0 Å². The second-order valence-corrected chi connectivity index (χ2v) is 7.11. The first-order valence-corrected chi connectivity index (χ1v) is 6.89. The fourth-order valence-electron chi connectivity index (χ4n) is 1.51. The molecule has 108 valence electrons. The van der Waals surface area contributed by atoms with Gasteiger partial charge in [0.1, 0.15) is 0 Å². The Labute approximate surface area is 115 Å². The zero-order valence-electron chi connectivity index (χ0n) is 11.2. The maximum Gasteiger partial charge on any atom is 0.416 e. The Hall–Kier alpha value is -0.720. The molecule has 1 atom stereocenters. The number of nitrogens with one attached hydrogen (secondary N) is 1. The van der Waals surface area contributed by atoms with Crippen molar-refractivity contribution in [3.05, 3.63) is 35.4 Å². The van der Waals surface area contributed by atoms with Crippen LogP contribution in [0.5, 0.6) is 0 Å². The van der Waals surface area contributed by atoms with Crippen LogP contribution < -0.4 is 11.3 Å². The molecule has 0 aliphatic rings. The topological polar surface area (TPSA) is 38.0 Å². The normalized spacial score (nSPS) is 14.5. The Bertz CT molecular complexity index is 413. The standard InChI is InChI=1S/C13H19F3N2S/c1-12(2,3)19-8-11(18-17)9-5-4-6-10(7-9)13(14,15)16/h4-7,11,18H,8,17H2,1-3H3. The summed E-state index contributed by atoms with van der Waals surface area (Å²) < 4.78 is 38.0. The highest BCUT2D eigenvalue weighted by molar-refractivity contribution is 8.00. The lowest BCUT2D eigenvalue weighted by atomic mass is 10.1. The zero-order chi connectivity index (χ0) is 14.7. The van der Waals surface area contributed by atoms with Crippen molar-refractivity contribution in [2.75, 3.05) is 5.75 Å². The minimum absolute atomic E-state index is 0.0384. The summed E-state index contributed by atoms with van der Waals surface area (Å²) in [6, 6.07) is 4.97. The third-order valence-corrected chi connectivity index (χ3v) is 3.87. The molecule has 1 aromatic rings. The number of thioether (sulfide) groups is 1. The molecule has 0 saturated carbocycles. The first-order valence-electron chi connectivity index (χ1n) is 5.91. The van der Waals surface area contributed by atoms with Crippen LogP contribution in [0.15, 0.2) is 24.3 Å². The van der Waals surface area contributed by atoms with Crippen LogP contribution in [0.3, 0.4) is 0 Å². The van der Waals surface area contributed by atoms with E-state index >= 15 is 0 Å². The van der Waals surface area contributed by atoms with Gasteiger partial charge in [0.2, 0.25) is 0 Å². The molecule has 1 unspecified atom stereocenters. The summed E-state index contributed by atoms with van der Waals surface area (Å²) in [7, 11) is 0. The van der Waals surface area contributed by atoms with Gasteiger partial charge in [-0.2, -0.15) is 24.9 Å². The van der Waals surface area contributed by atoms with E-state index in [2.05, 4.69) is 26.2 Å². The van der Waals surface area contributed by atoms with E-state index in [-0.39, 0.29) is 10.8 Å². The number of hydrogen-bond acceptors (Lipinski definition) is 3. The maximum absolute atomic E-state index is 12.7. The SMILES string of the molecule is CC(C)(C)SCC(NN)c1cccc(C(F)(F)F)c1. The van der Waals surface area contributed by atoms with Gasteiger partial charge in [-0.05, 0) is 17.7 Å². The summed E-state index contributed by atoms with van der Waals surface area (Å²) in [4.78, 5) is 0. The van der Waals surface area contributed by atoms with Crippen LogP contribution in [0, 0.1) is 0 Å². The zero-order valence-corrected chi connectivity index (χ0v) is 12.0. The van der Waals surface area contributed by atoms with E-state index < -0.39 is 11.7 Å². The van der Waals surface area contributed by atoms with Crippen molar-refractivity contribution in [3.63, 3.8) is 0 Å². The van der Waals surface area contributed by atoms with Crippen LogP contribution in [0.2, 0.25) is 0 Å². The monoisotopic (exact) mass is 292 g/mol. The first-order chi connectivity index (χ1) is 8.63. The van der Waals surface area contributed by atoms with Crippen molar-refractivity contribution in [1.82, 2.24) is 5.43 Å². The van der Waals surface area contributed by atoms with Crippen molar-refractivity contribution in [3.8, 4) is 0 Å². The first kappa shape index (κ1) is 16.3. The highest BCUT2D eigenvalue weighted by Crippen LogP contribution is 2.32. The number of alkyl halides is 3. The lowest BCUT2D eigenvalue weighted by Gasteiger charge is -2.23. The third-order valence-electron chi connectivity index (χ3n) is 2.50. The van der Waals surface area contributed by atoms with Crippen molar-refractivity contribution in [1.29, 1.82) is 0 Å². The lowest BCUT2D eigenvalue weighted by Crippen LogP contribution is -2.31. The average Bonchev–Trinajstić information content (AvgIpc) is 2.27. The summed E-state index contributed by atoms with van der Waals surface area (Å²) in [5.74, 6) is 6.06. The molecule has 0 fully saturated rings. The molecule has 0 spiro atoms. The van der Waals surface area contributed by atoms with Crippen LogP contribution in [0.25, 0.3) is 0 Å². The molecule has 1 aromatic carbocycles. The largest absolute Gasteiger partial charge is 0.416 e. The molecule has 3 N–H and O–H groups in total. The van der Waals surface area contributed by atoms with E-state index in [1.54, 1.807) is 17.8 Å². The molecular weight excluding hydrogens is 273 g/mol. The average molecular weight is 292 g/mol. The molecule has 0 bridgehead atoms. The van der Waals surface area contributed by atoms with E-state index in [0.29, 0.717) is 11.3 Å². The molecule has 1 rings (SSSR count). The summed E-state index contributed by atoms with van der Waals surface area (Å²) in [6.45, 7) is 6.16. The van der Waals surface area contributed by atoms with Gasteiger partial charge in [0.05, 0.1) is 11.6 Å². The summed E-state index contributed by atoms with van der Waals surface area (Å²) in [5, 5.41) is 0. The fourth-order valence-corrected chi connectivity index (χ4v) is 2.46. The van der Waals surface area contributed by atoms with E-state index in [4.69, 9.17) is 5.84 Å². The van der Waals surface area contributed by atoms with Gasteiger partial charge in [-0.25, -0.2) is 0 Å². The van der Waals surface area contributed by atoms with E-state index in [0.717, 1.165) is 12.1 Å². The van der Waals surface area contributed by atoms with Crippen LogP contribution in [0.4, 0.5) is 13.2 Å². The third kappa shape index (κ3) is 5.42. The van der Waals surface area contributed by atoms with Crippen molar-refractivity contribution in [2.45, 2.75) is 37.7 Å². The summed E-state index contributed by atoms with van der Waals surface area (Å²) in [5.41, 5.74) is 2.48. The molecule has 0 aliphatic heterocycles. The Kier molecular flexibility index (Phi) is 5.29. The van der Waals surface area contributed by atoms with E-state index in [1.807, 2.05) is 0 Å². The van der Waals surface area contributed by atoms with Crippen molar-refractivity contribution >= 4 is 11.8 Å². The Balaban J connectivity index is 2.87. The highest BCUT2D eigenvalue weighted by Gasteiger charge is 2.31. The van der Waals surface area contributed by atoms with Gasteiger partial charge in [-0.3, -0.25) is 11.3 Å². The predicted octanol–water partition coefficient (Wildman–Crippen LogP) is 3.74. The second-order valence-electron chi connectivity index (χ2n) is 5.27. The van der Waals surface area contributed by atoms with Crippen LogP contribution in [-0.4, -0.2) is 10.5 Å². The molecule has 0 heterocycles. The minimum atomic E-state index is -4.33. The maximum atomic E-state index is 12.7. The van der Waals surface area contributed by atoms with E-state index in [9.17, 15) is 13.2 Å². The van der Waals surface area contributed by atoms with Crippen molar-refractivity contribution in [2.24, 2.45) is 5.84 Å². The summed E-state index contributed by atoms with van der Waals surface area (Å²) in [6.07, 6.45) is -4.33. The lowest BCUT2D eigenvalue weighted by molar-refractivity contribution is -0.137. The molecule has 0 radical (unpaired) electrons. The quantitative estimate of drug-likeness (QED) is 0.656. The number of halogens is 3. The molecule has 0 aromatic heterocycles. The number of hydrazine groups is 1. The van der Waals surface area contributed by atoms with Gasteiger partial charge < -0.3 is 0 Å². The predicted molar refractivity (Wildman–Crippen MR) is 73.7 cm³/mol. The molecule has 2 nitrogen and oxygen atoms in total. The number of benzene rings is 1. The van der Waals surface area contributed by atoms with Crippen LogP contribution in [-0.2, 0) is 6.18 Å². The van der Waals surface area contributed by atoms with Gasteiger partial charge in [0.25, 0.3) is 0 Å². The van der Waals surface area contributed by atoms with Gasteiger partial charge >= 0.3 is 6.18 Å². The molecule has 0 amide bonds. The second kappa shape index (κ2) is 6.15. The summed E-state index contributed by atoms with van der Waals surface area (Å²) >= 11 is 1.65. The molecular formula is C13H19F3N2S. The Morgan fingerprint density at radius 1 is 1.26 bits per heavy atom. The smallest absolute Gasteiger partial charge is 0.271 e. The van der Waals surface area contributed by atoms with Crippen LogP contribution in [0.1, 0.15) is 37.9 Å². The van der Waals surface area contributed by atoms with Gasteiger partial charge in [0, 0.05) is 10.5 Å².